The van der Waals surface area contributed by atoms with Crippen LogP contribution in [0.2, 0.25) is 0 Å². The zero-order valence-electron chi connectivity index (χ0n) is 10.8. The second-order valence-corrected chi connectivity index (χ2v) is 7.62. The maximum Gasteiger partial charge on any atom is 0.306 e. The van der Waals surface area contributed by atoms with E-state index in [1.165, 1.54) is 6.42 Å². The first kappa shape index (κ1) is 13.3. The molecule has 3 nitrogen and oxygen atoms in total. The van der Waals surface area contributed by atoms with Crippen molar-refractivity contribution in [2.75, 3.05) is 6.26 Å². The van der Waals surface area contributed by atoms with Gasteiger partial charge in [0.05, 0.1) is 11.6 Å². The summed E-state index contributed by atoms with van der Waals surface area (Å²) in [6, 6.07) is 5.57. The Morgan fingerprint density at radius 3 is 2.84 bits per heavy atom. The van der Waals surface area contributed by atoms with Gasteiger partial charge in [-0.25, -0.2) is 0 Å². The number of hydrogen-bond donors (Lipinski definition) is 0. The van der Waals surface area contributed by atoms with E-state index in [0.717, 1.165) is 36.6 Å². The third-order valence-electron chi connectivity index (χ3n) is 4.17. The molecule has 0 spiro atoms. The number of rotatable bonds is 2. The van der Waals surface area contributed by atoms with E-state index >= 15 is 0 Å². The van der Waals surface area contributed by atoms with Crippen molar-refractivity contribution < 1.29 is 12.6 Å². The number of halogens is 1. The van der Waals surface area contributed by atoms with Crippen molar-refractivity contribution in [1.82, 2.24) is 0 Å². The van der Waals surface area contributed by atoms with E-state index in [4.69, 9.17) is 15.8 Å². The summed E-state index contributed by atoms with van der Waals surface area (Å²) in [5.41, 5.74) is 2.08. The number of alkyl halides is 1. The van der Waals surface area contributed by atoms with Crippen LogP contribution in [0.5, 0.6) is 5.75 Å². The topological polar surface area (TPSA) is 43.4 Å². The molecule has 104 valence electrons. The van der Waals surface area contributed by atoms with Gasteiger partial charge in [-0.15, -0.1) is 11.6 Å². The van der Waals surface area contributed by atoms with Gasteiger partial charge in [0.2, 0.25) is 0 Å². The smallest absolute Gasteiger partial charge is 0.306 e. The van der Waals surface area contributed by atoms with Crippen molar-refractivity contribution >= 4 is 21.7 Å². The Balaban J connectivity index is 2.10. The molecule has 0 amide bonds. The average molecular weight is 301 g/mol. The molecule has 1 saturated carbocycles. The molecule has 2 bridgehead atoms. The van der Waals surface area contributed by atoms with Crippen molar-refractivity contribution in [3.05, 3.63) is 29.3 Å². The lowest BCUT2D eigenvalue weighted by Crippen LogP contribution is -2.26. The Labute approximate surface area is 119 Å². The highest BCUT2D eigenvalue weighted by Gasteiger charge is 2.38. The van der Waals surface area contributed by atoms with Crippen molar-refractivity contribution in [3.63, 3.8) is 0 Å². The lowest BCUT2D eigenvalue weighted by atomic mass is 9.69. The quantitative estimate of drug-likeness (QED) is 0.619. The van der Waals surface area contributed by atoms with Gasteiger partial charge in [0.25, 0.3) is 0 Å². The Bertz CT molecular complexity index is 597. The molecule has 0 heterocycles. The van der Waals surface area contributed by atoms with Crippen LogP contribution in [0.3, 0.4) is 0 Å². The summed E-state index contributed by atoms with van der Waals surface area (Å²) >= 11 is 6.55. The van der Waals surface area contributed by atoms with E-state index in [0.29, 0.717) is 17.6 Å². The van der Waals surface area contributed by atoms with Crippen LogP contribution in [0.1, 0.15) is 48.1 Å². The highest BCUT2D eigenvalue weighted by molar-refractivity contribution is 7.86. The zero-order chi connectivity index (χ0) is 13.6. The molecule has 0 saturated heterocycles. The Hall–Kier alpha value is -0.740. The SMILES string of the molecule is CS(=O)(=O)Oc1cccc2c1C1CCCC(C1)C2Cl. The minimum absolute atomic E-state index is 0.0188. The Kier molecular flexibility index (Phi) is 3.26. The van der Waals surface area contributed by atoms with Crippen LogP contribution in [0, 0.1) is 5.92 Å². The summed E-state index contributed by atoms with van der Waals surface area (Å²) in [6.45, 7) is 0. The average Bonchev–Trinajstić information content (AvgIpc) is 2.34. The molecule has 2 aliphatic rings. The first-order chi connectivity index (χ1) is 8.96. The summed E-state index contributed by atoms with van der Waals surface area (Å²) in [7, 11) is -3.50. The molecule has 5 heteroatoms. The van der Waals surface area contributed by atoms with E-state index in [-0.39, 0.29) is 5.38 Å². The van der Waals surface area contributed by atoms with Gasteiger partial charge in [0.1, 0.15) is 5.75 Å². The van der Waals surface area contributed by atoms with Crippen LogP contribution in [-0.4, -0.2) is 14.7 Å². The van der Waals surface area contributed by atoms with Crippen LogP contribution < -0.4 is 4.18 Å². The molecule has 1 aromatic carbocycles. The molecule has 0 aromatic heterocycles. The lowest BCUT2D eigenvalue weighted by molar-refractivity contribution is 0.288. The van der Waals surface area contributed by atoms with E-state index in [2.05, 4.69) is 0 Å². The summed E-state index contributed by atoms with van der Waals surface area (Å²) in [5, 5.41) is -0.0188. The normalized spacial score (nSPS) is 29.7. The molecule has 19 heavy (non-hydrogen) atoms. The minimum Gasteiger partial charge on any atom is -0.382 e. The maximum atomic E-state index is 11.4. The monoisotopic (exact) mass is 300 g/mol. The number of fused-ring (bicyclic) bond motifs is 4. The van der Waals surface area contributed by atoms with Crippen molar-refractivity contribution in [2.45, 2.75) is 37.0 Å². The molecule has 2 aliphatic carbocycles. The van der Waals surface area contributed by atoms with E-state index < -0.39 is 10.1 Å². The maximum absolute atomic E-state index is 11.4. The number of benzene rings is 1. The van der Waals surface area contributed by atoms with E-state index in [1.54, 1.807) is 6.07 Å². The van der Waals surface area contributed by atoms with Gasteiger partial charge < -0.3 is 4.18 Å². The fourth-order valence-corrected chi connectivity index (χ4v) is 4.37. The minimum atomic E-state index is -3.50. The standard InChI is InChI=1S/C14H17ClO3S/c1-19(16,17)18-12-7-3-6-11-13(12)9-4-2-5-10(8-9)14(11)15/h3,6-7,9-10,14H,2,4-5,8H2,1H3. The molecule has 0 N–H and O–H groups in total. The zero-order valence-corrected chi connectivity index (χ0v) is 12.4. The van der Waals surface area contributed by atoms with E-state index in [9.17, 15) is 8.42 Å². The second-order valence-electron chi connectivity index (χ2n) is 5.57. The molecular weight excluding hydrogens is 284 g/mol. The number of hydrogen-bond acceptors (Lipinski definition) is 3. The summed E-state index contributed by atoms with van der Waals surface area (Å²) < 4.78 is 27.9. The molecule has 1 fully saturated rings. The van der Waals surface area contributed by atoms with Gasteiger partial charge in [-0.05, 0) is 42.7 Å². The fraction of sp³-hybridized carbons (Fsp3) is 0.571. The van der Waals surface area contributed by atoms with E-state index in [1.807, 2.05) is 12.1 Å². The predicted molar refractivity (Wildman–Crippen MR) is 75.2 cm³/mol. The summed E-state index contributed by atoms with van der Waals surface area (Å²) in [4.78, 5) is 0. The van der Waals surface area contributed by atoms with Crippen LogP contribution in [0.4, 0.5) is 0 Å². The van der Waals surface area contributed by atoms with Crippen LogP contribution in [0.25, 0.3) is 0 Å². The fourth-order valence-electron chi connectivity index (χ4n) is 3.48. The molecule has 3 unspecified atom stereocenters. The first-order valence-corrected chi connectivity index (χ1v) is 8.87. The van der Waals surface area contributed by atoms with Crippen molar-refractivity contribution in [2.24, 2.45) is 5.92 Å². The summed E-state index contributed by atoms with van der Waals surface area (Å²) in [5.74, 6) is 1.37. The van der Waals surface area contributed by atoms with Crippen LogP contribution >= 0.6 is 11.6 Å². The Morgan fingerprint density at radius 1 is 1.32 bits per heavy atom. The third kappa shape index (κ3) is 2.48. The van der Waals surface area contributed by atoms with Crippen LogP contribution in [-0.2, 0) is 10.1 Å². The largest absolute Gasteiger partial charge is 0.382 e. The van der Waals surface area contributed by atoms with Gasteiger partial charge in [-0.3, -0.25) is 0 Å². The second kappa shape index (κ2) is 4.67. The van der Waals surface area contributed by atoms with Crippen molar-refractivity contribution in [1.29, 1.82) is 0 Å². The van der Waals surface area contributed by atoms with Gasteiger partial charge in [-0.1, -0.05) is 18.6 Å². The third-order valence-corrected chi connectivity index (χ3v) is 5.25. The molecular formula is C14H17ClO3S. The van der Waals surface area contributed by atoms with Gasteiger partial charge in [0, 0.05) is 5.56 Å². The molecule has 0 radical (unpaired) electrons. The lowest BCUT2D eigenvalue weighted by Gasteiger charge is -2.39. The molecule has 1 aromatic rings. The van der Waals surface area contributed by atoms with Crippen LogP contribution in [0.15, 0.2) is 18.2 Å². The van der Waals surface area contributed by atoms with Gasteiger partial charge >= 0.3 is 10.1 Å². The Morgan fingerprint density at radius 2 is 2.11 bits per heavy atom. The van der Waals surface area contributed by atoms with Gasteiger partial charge in [-0.2, -0.15) is 8.42 Å². The molecule has 0 aliphatic heterocycles. The molecule has 3 rings (SSSR count). The van der Waals surface area contributed by atoms with Crippen molar-refractivity contribution in [3.8, 4) is 5.75 Å². The predicted octanol–water partition coefficient (Wildman–Crippen LogP) is 3.59. The first-order valence-electron chi connectivity index (χ1n) is 6.62. The summed E-state index contributed by atoms with van der Waals surface area (Å²) in [6.07, 6.45) is 5.55. The van der Waals surface area contributed by atoms with Gasteiger partial charge in [0.15, 0.2) is 0 Å². The highest BCUT2D eigenvalue weighted by Crippen LogP contribution is 2.53. The molecule has 3 atom stereocenters. The highest BCUT2D eigenvalue weighted by atomic mass is 35.5.